The van der Waals surface area contributed by atoms with E-state index in [1.165, 1.54) is 0 Å². The highest BCUT2D eigenvalue weighted by Gasteiger charge is 2.44. The second-order valence-corrected chi connectivity index (χ2v) is 9.10. The van der Waals surface area contributed by atoms with E-state index >= 15 is 0 Å². The Morgan fingerprint density at radius 2 is 1.75 bits per heavy atom. The maximum Gasteiger partial charge on any atom is 0.350 e. The number of benzene rings is 1. The van der Waals surface area contributed by atoms with Crippen LogP contribution in [0.3, 0.4) is 0 Å². The zero-order chi connectivity index (χ0) is 24.3. The number of ether oxygens (including phenoxy) is 4. The molecule has 0 aromatic heterocycles. The van der Waals surface area contributed by atoms with Crippen molar-refractivity contribution in [3.63, 3.8) is 0 Å². The largest absolute Gasteiger partial charge is 0.481 e. The Hall–Kier alpha value is -2.61. The third kappa shape index (κ3) is 5.79. The van der Waals surface area contributed by atoms with Gasteiger partial charge in [-0.15, -0.1) is 0 Å². The maximum absolute atomic E-state index is 13.0. The number of fused-ring (bicyclic) bond motifs is 1. The van der Waals surface area contributed by atoms with Gasteiger partial charge in [0.2, 0.25) is 5.60 Å². The number of methoxy groups -OCH3 is 1. The molecule has 0 amide bonds. The first kappa shape index (κ1) is 25.6. The van der Waals surface area contributed by atoms with Crippen LogP contribution >= 0.6 is 0 Å². The van der Waals surface area contributed by atoms with E-state index in [1.807, 2.05) is 34.6 Å². The summed E-state index contributed by atoms with van der Waals surface area (Å²) < 4.78 is 22.6. The van der Waals surface area contributed by atoms with Crippen LogP contribution in [0.1, 0.15) is 68.7 Å². The number of hydrogen-bond acceptors (Lipinski definition) is 7. The summed E-state index contributed by atoms with van der Waals surface area (Å²) in [6.45, 7) is 11.4. The van der Waals surface area contributed by atoms with Gasteiger partial charge in [0.15, 0.2) is 0 Å². The number of carboxylic acids is 1. The molecular weight excluding hydrogens is 416 g/mol. The molecule has 1 atom stereocenters. The molecule has 0 fully saturated rings. The summed E-state index contributed by atoms with van der Waals surface area (Å²) >= 11 is 0. The van der Waals surface area contributed by atoms with E-state index in [9.17, 15) is 14.4 Å². The molecule has 1 aromatic carbocycles. The molecule has 0 bridgehead atoms. The summed E-state index contributed by atoms with van der Waals surface area (Å²) in [5, 5.41) is 8.78. The molecule has 1 heterocycles. The average Bonchev–Trinajstić information content (AvgIpc) is 2.71. The smallest absolute Gasteiger partial charge is 0.350 e. The van der Waals surface area contributed by atoms with Crippen LogP contribution in [0, 0.1) is 20.8 Å². The molecule has 1 aliphatic heterocycles. The van der Waals surface area contributed by atoms with Crippen LogP contribution < -0.4 is 9.47 Å². The predicted molar refractivity (Wildman–Crippen MR) is 117 cm³/mol. The zero-order valence-corrected chi connectivity index (χ0v) is 20.0. The van der Waals surface area contributed by atoms with Crippen LogP contribution in [0.4, 0.5) is 0 Å². The molecule has 1 N–H and O–H groups in total. The second kappa shape index (κ2) is 9.90. The van der Waals surface area contributed by atoms with E-state index < -0.39 is 29.1 Å². The van der Waals surface area contributed by atoms with Gasteiger partial charge in [-0.3, -0.25) is 9.59 Å². The Balaban J connectivity index is 2.27. The summed E-state index contributed by atoms with van der Waals surface area (Å²) in [5.41, 5.74) is 1.28. The summed E-state index contributed by atoms with van der Waals surface area (Å²) in [6.07, 6.45) is 1.03. The van der Waals surface area contributed by atoms with E-state index in [0.717, 1.165) is 16.7 Å². The predicted octanol–water partition coefficient (Wildman–Crippen LogP) is 3.82. The van der Waals surface area contributed by atoms with E-state index in [-0.39, 0.29) is 12.8 Å². The minimum atomic E-state index is -1.14. The molecule has 0 spiro atoms. The first-order valence-electron chi connectivity index (χ1n) is 10.8. The second-order valence-electron chi connectivity index (χ2n) is 9.10. The summed E-state index contributed by atoms with van der Waals surface area (Å²) in [5.74, 6) is -1.05. The van der Waals surface area contributed by atoms with Crippen LogP contribution in [0.25, 0.3) is 0 Å². The summed E-state index contributed by atoms with van der Waals surface area (Å²) in [6, 6.07) is 0. The molecular formula is C24H34O8. The highest BCUT2D eigenvalue weighted by Crippen LogP contribution is 2.44. The van der Waals surface area contributed by atoms with Crippen LogP contribution in [-0.4, -0.2) is 47.9 Å². The van der Waals surface area contributed by atoms with Crippen LogP contribution in [-0.2, 0) is 30.3 Å². The molecule has 1 aromatic rings. The highest BCUT2D eigenvalue weighted by molar-refractivity contribution is 5.82. The molecule has 178 valence electrons. The van der Waals surface area contributed by atoms with Crippen molar-refractivity contribution >= 4 is 17.9 Å². The lowest BCUT2D eigenvalue weighted by atomic mass is 9.87. The quantitative estimate of drug-likeness (QED) is 0.447. The molecule has 8 nitrogen and oxygen atoms in total. The number of carboxylic acid groups (broad SMARTS) is 1. The molecule has 2 rings (SSSR count). The van der Waals surface area contributed by atoms with Gasteiger partial charge >= 0.3 is 17.9 Å². The van der Waals surface area contributed by atoms with Crippen molar-refractivity contribution in [2.24, 2.45) is 0 Å². The Labute approximate surface area is 189 Å². The van der Waals surface area contributed by atoms with E-state index in [4.69, 9.17) is 24.1 Å². The summed E-state index contributed by atoms with van der Waals surface area (Å²) in [4.78, 5) is 35.9. The number of carbonyl (C=O) groups is 3. The third-order valence-corrected chi connectivity index (χ3v) is 5.96. The molecule has 0 radical (unpaired) electrons. The topological polar surface area (TPSA) is 108 Å². The van der Waals surface area contributed by atoms with Gasteiger partial charge in [-0.05, 0) is 64.7 Å². The lowest BCUT2D eigenvalue weighted by Gasteiger charge is -2.38. The van der Waals surface area contributed by atoms with Crippen molar-refractivity contribution in [3.8, 4) is 11.5 Å². The fourth-order valence-corrected chi connectivity index (χ4v) is 3.66. The van der Waals surface area contributed by atoms with E-state index in [1.54, 1.807) is 14.0 Å². The Morgan fingerprint density at radius 1 is 1.09 bits per heavy atom. The Bertz CT molecular complexity index is 902. The molecule has 1 unspecified atom stereocenters. The zero-order valence-electron chi connectivity index (χ0n) is 20.0. The van der Waals surface area contributed by atoms with Gasteiger partial charge < -0.3 is 24.1 Å². The lowest BCUT2D eigenvalue weighted by Crippen LogP contribution is -2.48. The monoisotopic (exact) mass is 450 g/mol. The fraction of sp³-hybridized carbons (Fsp3) is 0.625. The van der Waals surface area contributed by atoms with Gasteiger partial charge in [-0.25, -0.2) is 4.79 Å². The summed E-state index contributed by atoms with van der Waals surface area (Å²) in [7, 11) is 1.60. The van der Waals surface area contributed by atoms with Gasteiger partial charge in [-0.2, -0.15) is 0 Å². The molecule has 0 saturated heterocycles. The fourth-order valence-electron chi connectivity index (χ4n) is 3.66. The van der Waals surface area contributed by atoms with Crippen molar-refractivity contribution in [1.82, 2.24) is 0 Å². The van der Waals surface area contributed by atoms with Crippen LogP contribution in [0.2, 0.25) is 0 Å². The van der Waals surface area contributed by atoms with Crippen LogP contribution in [0.5, 0.6) is 11.5 Å². The van der Waals surface area contributed by atoms with Crippen molar-refractivity contribution in [2.75, 3.05) is 13.7 Å². The molecule has 8 heteroatoms. The first-order chi connectivity index (χ1) is 14.8. The molecule has 0 aliphatic carbocycles. The molecule has 0 saturated carbocycles. The Kier molecular flexibility index (Phi) is 7.93. The average molecular weight is 451 g/mol. The van der Waals surface area contributed by atoms with E-state index in [2.05, 4.69) is 0 Å². The normalized spacial score (nSPS) is 17.8. The van der Waals surface area contributed by atoms with Crippen molar-refractivity contribution in [1.29, 1.82) is 0 Å². The van der Waals surface area contributed by atoms with Gasteiger partial charge in [-0.1, -0.05) is 0 Å². The molecule has 32 heavy (non-hydrogen) atoms. The first-order valence-corrected chi connectivity index (χ1v) is 10.8. The maximum atomic E-state index is 13.0. The van der Waals surface area contributed by atoms with Crippen molar-refractivity contribution in [2.45, 2.75) is 84.8 Å². The number of rotatable bonds is 9. The standard InChI is InChI=1S/C24H34O8/c1-14-15(2)21-17(16(3)20(14)30-19(27)9-8-18(25)26)10-11-24(6,31-21)22(28)32-23(4,5)12-13-29-7/h8-13H2,1-7H3,(H,25,26). The lowest BCUT2D eigenvalue weighted by molar-refractivity contribution is -0.176. The minimum Gasteiger partial charge on any atom is -0.481 e. The SMILES string of the molecule is COCCC(C)(C)OC(=O)C1(C)CCc2c(C)c(OC(=O)CCC(=O)O)c(C)c(C)c2O1. The third-order valence-electron chi connectivity index (χ3n) is 5.96. The number of aliphatic carboxylic acids is 1. The van der Waals surface area contributed by atoms with Gasteiger partial charge in [0, 0.05) is 32.1 Å². The van der Waals surface area contributed by atoms with Crippen LogP contribution in [0.15, 0.2) is 0 Å². The number of hydrogen-bond donors (Lipinski definition) is 1. The molecule has 1 aliphatic rings. The van der Waals surface area contributed by atoms with Gasteiger partial charge in [0.1, 0.15) is 17.1 Å². The van der Waals surface area contributed by atoms with E-state index in [0.29, 0.717) is 42.9 Å². The van der Waals surface area contributed by atoms with Crippen molar-refractivity contribution in [3.05, 3.63) is 22.3 Å². The number of carbonyl (C=O) groups excluding carboxylic acids is 2. The Morgan fingerprint density at radius 3 is 2.34 bits per heavy atom. The van der Waals surface area contributed by atoms with Gasteiger partial charge in [0.25, 0.3) is 0 Å². The number of esters is 2. The van der Waals surface area contributed by atoms with Crippen molar-refractivity contribution < 1.29 is 38.4 Å². The highest BCUT2D eigenvalue weighted by atomic mass is 16.6. The van der Waals surface area contributed by atoms with Gasteiger partial charge in [0.05, 0.1) is 12.8 Å². The minimum absolute atomic E-state index is 0.205.